The summed E-state index contributed by atoms with van der Waals surface area (Å²) in [5.41, 5.74) is 1.81. The molecule has 0 spiro atoms. The van der Waals surface area contributed by atoms with E-state index in [-0.39, 0.29) is 12.5 Å². The van der Waals surface area contributed by atoms with Gasteiger partial charge in [-0.05, 0) is 34.1 Å². The minimum absolute atomic E-state index is 0.125. The molecule has 1 amide bonds. The number of ether oxygens (including phenoxy) is 2. The smallest absolute Gasteiger partial charge is 0.258 e. The second kappa shape index (κ2) is 8.53. The molecule has 0 unspecified atom stereocenters. The van der Waals surface area contributed by atoms with Gasteiger partial charge in [-0.15, -0.1) is 5.10 Å². The highest BCUT2D eigenvalue weighted by atomic mass is 79.9. The van der Waals surface area contributed by atoms with Crippen LogP contribution in [0.5, 0.6) is 11.6 Å². The molecule has 134 valence electrons. The van der Waals surface area contributed by atoms with Crippen LogP contribution in [0.3, 0.4) is 0 Å². The number of methoxy groups -OCH3 is 1. The molecule has 0 aliphatic rings. The summed E-state index contributed by atoms with van der Waals surface area (Å²) >= 11 is 3.40. The van der Waals surface area contributed by atoms with Gasteiger partial charge in [0, 0.05) is 18.3 Å². The fourth-order valence-electron chi connectivity index (χ4n) is 2.38. The van der Waals surface area contributed by atoms with Crippen LogP contribution in [0.15, 0.2) is 65.3 Å². The molecular formula is C19H18BrN3O3. The van der Waals surface area contributed by atoms with Gasteiger partial charge in [-0.2, -0.15) is 0 Å². The Bertz CT molecular complexity index is 881. The van der Waals surface area contributed by atoms with E-state index >= 15 is 0 Å². The SMILES string of the molecule is COc1ccccc1CNC(=O)COc1nn(-c2ccccc2)cc1Br. The molecule has 0 fully saturated rings. The number of halogens is 1. The predicted octanol–water partition coefficient (Wildman–Crippen LogP) is 3.34. The summed E-state index contributed by atoms with van der Waals surface area (Å²) in [5, 5.41) is 7.15. The highest BCUT2D eigenvalue weighted by molar-refractivity contribution is 9.10. The number of aromatic nitrogens is 2. The Labute approximate surface area is 159 Å². The highest BCUT2D eigenvalue weighted by Crippen LogP contribution is 2.24. The van der Waals surface area contributed by atoms with Gasteiger partial charge in [0.15, 0.2) is 6.61 Å². The summed E-state index contributed by atoms with van der Waals surface area (Å²) in [4.78, 5) is 12.1. The van der Waals surface area contributed by atoms with E-state index in [1.807, 2.05) is 54.6 Å². The third-order valence-corrected chi connectivity index (χ3v) is 4.21. The monoisotopic (exact) mass is 415 g/mol. The standard InChI is InChI=1S/C19H18BrN3O3/c1-25-17-10-6-5-7-14(17)11-21-18(24)13-26-19-16(20)12-23(22-19)15-8-3-2-4-9-15/h2-10,12H,11,13H2,1H3,(H,21,24). The van der Waals surface area contributed by atoms with Crippen LogP contribution in [0.25, 0.3) is 5.69 Å². The van der Waals surface area contributed by atoms with Crippen molar-refractivity contribution in [3.63, 3.8) is 0 Å². The number of carbonyl (C=O) groups is 1. The van der Waals surface area contributed by atoms with Crippen molar-refractivity contribution in [2.75, 3.05) is 13.7 Å². The first kappa shape index (κ1) is 18.0. The second-order valence-corrected chi connectivity index (χ2v) is 6.29. The lowest BCUT2D eigenvalue weighted by atomic mass is 10.2. The number of nitrogens with one attached hydrogen (secondary N) is 1. The van der Waals surface area contributed by atoms with E-state index in [9.17, 15) is 4.79 Å². The number of rotatable bonds is 7. The van der Waals surface area contributed by atoms with Crippen LogP contribution in [0.4, 0.5) is 0 Å². The molecule has 0 saturated carbocycles. The van der Waals surface area contributed by atoms with Gasteiger partial charge >= 0.3 is 0 Å². The first-order valence-corrected chi connectivity index (χ1v) is 8.78. The summed E-state index contributed by atoms with van der Waals surface area (Å²) < 4.78 is 13.2. The van der Waals surface area contributed by atoms with Gasteiger partial charge in [0.2, 0.25) is 5.88 Å². The molecule has 1 N–H and O–H groups in total. The van der Waals surface area contributed by atoms with Gasteiger partial charge < -0.3 is 14.8 Å². The van der Waals surface area contributed by atoms with Crippen molar-refractivity contribution < 1.29 is 14.3 Å². The van der Waals surface area contributed by atoms with Gasteiger partial charge in [0.25, 0.3) is 5.91 Å². The summed E-state index contributed by atoms with van der Waals surface area (Å²) in [6.45, 7) is 0.241. The lowest BCUT2D eigenvalue weighted by Crippen LogP contribution is -2.28. The average Bonchev–Trinajstić information content (AvgIpc) is 3.06. The minimum Gasteiger partial charge on any atom is -0.496 e. The average molecular weight is 416 g/mol. The maximum Gasteiger partial charge on any atom is 0.258 e. The van der Waals surface area contributed by atoms with E-state index in [4.69, 9.17) is 9.47 Å². The van der Waals surface area contributed by atoms with Gasteiger partial charge in [-0.25, -0.2) is 4.68 Å². The first-order valence-electron chi connectivity index (χ1n) is 7.99. The van der Waals surface area contributed by atoms with Gasteiger partial charge in [-0.3, -0.25) is 4.79 Å². The number of hydrogen-bond acceptors (Lipinski definition) is 4. The molecule has 6 nitrogen and oxygen atoms in total. The van der Waals surface area contributed by atoms with Crippen LogP contribution in [-0.2, 0) is 11.3 Å². The largest absolute Gasteiger partial charge is 0.496 e. The molecule has 0 saturated heterocycles. The maximum atomic E-state index is 12.1. The third-order valence-electron chi connectivity index (χ3n) is 3.67. The van der Waals surface area contributed by atoms with Crippen molar-refractivity contribution in [3.8, 4) is 17.3 Å². The van der Waals surface area contributed by atoms with E-state index in [0.717, 1.165) is 17.0 Å². The van der Waals surface area contributed by atoms with Crippen LogP contribution >= 0.6 is 15.9 Å². The first-order chi connectivity index (χ1) is 12.7. The van der Waals surface area contributed by atoms with Crippen molar-refractivity contribution in [1.29, 1.82) is 0 Å². The molecule has 3 aromatic rings. The zero-order valence-corrected chi connectivity index (χ0v) is 15.8. The van der Waals surface area contributed by atoms with Crippen molar-refractivity contribution >= 4 is 21.8 Å². The number of benzene rings is 2. The normalized spacial score (nSPS) is 10.4. The molecule has 26 heavy (non-hydrogen) atoms. The minimum atomic E-state index is -0.239. The van der Waals surface area contributed by atoms with Gasteiger partial charge in [0.1, 0.15) is 5.75 Å². The highest BCUT2D eigenvalue weighted by Gasteiger charge is 2.11. The second-order valence-electron chi connectivity index (χ2n) is 5.44. The van der Waals surface area contributed by atoms with E-state index in [1.165, 1.54) is 0 Å². The zero-order chi connectivity index (χ0) is 18.4. The van der Waals surface area contributed by atoms with Gasteiger partial charge in [-0.1, -0.05) is 36.4 Å². The maximum absolute atomic E-state index is 12.1. The number of carbonyl (C=O) groups excluding carboxylic acids is 1. The Balaban J connectivity index is 1.56. The predicted molar refractivity (Wildman–Crippen MR) is 102 cm³/mol. The zero-order valence-electron chi connectivity index (χ0n) is 14.2. The van der Waals surface area contributed by atoms with E-state index in [1.54, 1.807) is 18.0 Å². The van der Waals surface area contributed by atoms with Crippen molar-refractivity contribution in [2.45, 2.75) is 6.54 Å². The topological polar surface area (TPSA) is 65.4 Å². The molecule has 2 aromatic carbocycles. The summed E-state index contributed by atoms with van der Waals surface area (Å²) in [6, 6.07) is 17.2. The Kier molecular flexibility index (Phi) is 5.91. The Morgan fingerprint density at radius 1 is 1.15 bits per heavy atom. The van der Waals surface area contributed by atoms with Crippen LogP contribution in [0, 0.1) is 0 Å². The quantitative estimate of drug-likeness (QED) is 0.642. The third kappa shape index (κ3) is 4.43. The fraction of sp³-hybridized carbons (Fsp3) is 0.158. The number of nitrogens with zero attached hydrogens (tertiary/aromatic N) is 2. The summed E-state index contributed by atoms with van der Waals surface area (Å²) in [5.74, 6) is 0.858. The molecule has 0 radical (unpaired) electrons. The van der Waals surface area contributed by atoms with Crippen LogP contribution < -0.4 is 14.8 Å². The molecule has 3 rings (SSSR count). The molecule has 1 aromatic heterocycles. The summed E-state index contributed by atoms with van der Waals surface area (Å²) in [6.07, 6.45) is 1.79. The van der Waals surface area contributed by atoms with Crippen LogP contribution in [0.1, 0.15) is 5.56 Å². The molecular weight excluding hydrogens is 398 g/mol. The lowest BCUT2D eigenvalue weighted by Gasteiger charge is -2.09. The van der Waals surface area contributed by atoms with Crippen molar-refractivity contribution in [2.24, 2.45) is 0 Å². The van der Waals surface area contributed by atoms with E-state index in [0.29, 0.717) is 16.9 Å². The summed E-state index contributed by atoms with van der Waals surface area (Å²) in [7, 11) is 1.60. The fourth-order valence-corrected chi connectivity index (χ4v) is 2.76. The van der Waals surface area contributed by atoms with Crippen LogP contribution in [0.2, 0.25) is 0 Å². The number of amides is 1. The Morgan fingerprint density at radius 3 is 2.65 bits per heavy atom. The molecule has 0 aliphatic carbocycles. The van der Waals surface area contributed by atoms with E-state index < -0.39 is 0 Å². The number of para-hydroxylation sites is 2. The molecule has 0 atom stereocenters. The van der Waals surface area contributed by atoms with Crippen molar-refractivity contribution in [3.05, 3.63) is 70.8 Å². The van der Waals surface area contributed by atoms with Crippen LogP contribution in [-0.4, -0.2) is 29.4 Å². The number of hydrogen-bond donors (Lipinski definition) is 1. The Morgan fingerprint density at radius 2 is 1.88 bits per heavy atom. The Hall–Kier alpha value is -2.80. The molecule has 0 bridgehead atoms. The van der Waals surface area contributed by atoms with Crippen molar-refractivity contribution in [1.82, 2.24) is 15.1 Å². The van der Waals surface area contributed by atoms with Gasteiger partial charge in [0.05, 0.1) is 17.3 Å². The molecule has 7 heteroatoms. The lowest BCUT2D eigenvalue weighted by molar-refractivity contribution is -0.123. The van der Waals surface area contributed by atoms with E-state index in [2.05, 4.69) is 26.3 Å². The molecule has 0 aliphatic heterocycles. The molecule has 1 heterocycles.